The lowest BCUT2D eigenvalue weighted by molar-refractivity contribution is 0.416. The molecule has 21 heavy (non-hydrogen) atoms. The monoisotopic (exact) mass is 300 g/mol. The quantitative estimate of drug-likeness (QED) is 0.782. The van der Waals surface area contributed by atoms with E-state index in [1.54, 1.807) is 19.4 Å². The average molecular weight is 301 g/mol. The van der Waals surface area contributed by atoms with Gasteiger partial charge in [0.05, 0.1) is 24.6 Å². The van der Waals surface area contributed by atoms with Crippen LogP contribution >= 0.6 is 11.9 Å². The molecule has 0 bridgehead atoms. The van der Waals surface area contributed by atoms with E-state index in [-0.39, 0.29) is 0 Å². The summed E-state index contributed by atoms with van der Waals surface area (Å²) in [6, 6.07) is 15.2. The number of hydrogen-bond donors (Lipinski definition) is 1. The van der Waals surface area contributed by atoms with Gasteiger partial charge in [-0.1, -0.05) is 24.3 Å². The zero-order valence-corrected chi connectivity index (χ0v) is 12.1. The molecule has 0 aliphatic heterocycles. The van der Waals surface area contributed by atoms with Gasteiger partial charge < -0.3 is 14.0 Å². The van der Waals surface area contributed by atoms with Gasteiger partial charge in [-0.25, -0.2) is 4.98 Å². The summed E-state index contributed by atoms with van der Waals surface area (Å²) in [5, 5.41) is 0. The summed E-state index contributed by atoms with van der Waals surface area (Å²) in [4.78, 5) is 7.66. The Morgan fingerprint density at radius 1 is 0.952 bits per heavy atom. The lowest BCUT2D eigenvalue weighted by Crippen LogP contribution is -1.88. The van der Waals surface area contributed by atoms with Gasteiger partial charge in [-0.3, -0.25) is 0 Å². The topological polar surface area (TPSA) is 47.1 Å². The Bertz CT molecular complexity index is 693. The summed E-state index contributed by atoms with van der Waals surface area (Å²) in [6.07, 6.45) is 1.76. The van der Waals surface area contributed by atoms with Crippen molar-refractivity contribution in [1.29, 1.82) is 0 Å². The number of para-hydroxylation sites is 2. The third kappa shape index (κ3) is 2.58. The number of nitrogens with one attached hydrogen (secondary N) is 1. The molecule has 0 spiro atoms. The molecule has 0 saturated carbocycles. The van der Waals surface area contributed by atoms with Gasteiger partial charge in [-0.15, -0.1) is 0 Å². The number of imidazole rings is 1. The van der Waals surface area contributed by atoms with Crippen molar-refractivity contribution in [3.05, 3.63) is 54.7 Å². The number of aromatic nitrogens is 2. The molecule has 1 heterocycles. The normalized spacial score (nSPS) is 10.4. The Balaban J connectivity index is 2.04. The minimum atomic E-state index is 0.556. The van der Waals surface area contributed by atoms with Crippen molar-refractivity contribution in [3.63, 3.8) is 0 Å². The van der Waals surface area contributed by atoms with Crippen LogP contribution in [0.5, 0.6) is 11.5 Å². The molecule has 106 valence electrons. The van der Waals surface area contributed by atoms with E-state index in [1.807, 2.05) is 42.5 Å². The smallest absolute Gasteiger partial charge is 0.157 e. The number of benzene rings is 2. The summed E-state index contributed by atoms with van der Waals surface area (Å²) in [6.45, 7) is 0. The molecule has 4 nitrogen and oxygen atoms in total. The van der Waals surface area contributed by atoms with Gasteiger partial charge >= 0.3 is 0 Å². The van der Waals surface area contributed by atoms with E-state index in [2.05, 4.69) is 9.97 Å². The van der Waals surface area contributed by atoms with E-state index in [0.717, 1.165) is 22.6 Å². The summed E-state index contributed by atoms with van der Waals surface area (Å²) < 4.78 is 10.2. The molecule has 5 heteroatoms. The van der Waals surface area contributed by atoms with Gasteiger partial charge in [0, 0.05) is 5.56 Å². The maximum atomic E-state index is 5.49. The number of rotatable bonds is 4. The molecule has 0 aliphatic rings. The maximum absolute atomic E-state index is 5.49. The van der Waals surface area contributed by atoms with Crippen LogP contribution in [0, 0.1) is 0 Å². The first-order valence-corrected chi connectivity index (χ1v) is 6.70. The molecule has 0 amide bonds. The van der Waals surface area contributed by atoms with E-state index in [0.29, 0.717) is 11.6 Å². The number of nitrogens with zero attached hydrogens (tertiary/aromatic N) is 1. The first-order valence-electron chi connectivity index (χ1n) is 6.40. The molecule has 0 aliphatic carbocycles. The second-order valence-corrected chi connectivity index (χ2v) is 4.57. The Morgan fingerprint density at radius 2 is 1.62 bits per heavy atom. The summed E-state index contributed by atoms with van der Waals surface area (Å²) >= 11 is 5.49. The fourth-order valence-corrected chi connectivity index (χ4v) is 2.33. The molecular weight excluding hydrogens is 288 g/mol. The third-order valence-corrected chi connectivity index (χ3v) is 3.36. The van der Waals surface area contributed by atoms with Gasteiger partial charge in [0.2, 0.25) is 0 Å². The molecule has 0 saturated heterocycles. The van der Waals surface area contributed by atoms with Crippen molar-refractivity contribution >= 4 is 11.9 Å². The molecule has 1 aromatic heterocycles. The molecule has 2 aromatic carbocycles. The van der Waals surface area contributed by atoms with Crippen LogP contribution < -0.4 is 9.03 Å². The third-order valence-electron chi connectivity index (χ3n) is 3.20. The van der Waals surface area contributed by atoms with E-state index < -0.39 is 0 Å². The molecule has 3 aromatic rings. The van der Waals surface area contributed by atoms with Crippen LogP contribution in [-0.4, -0.2) is 17.1 Å². The lowest BCUT2D eigenvalue weighted by atomic mass is 10.1. The molecular formula is C16H13ClN2O2. The summed E-state index contributed by atoms with van der Waals surface area (Å²) in [5.74, 6) is 2.03. The summed E-state index contributed by atoms with van der Waals surface area (Å²) in [5.41, 5.74) is 2.61. The number of ether oxygens (including phenoxy) is 1. The van der Waals surface area contributed by atoms with E-state index in [9.17, 15) is 0 Å². The molecule has 0 atom stereocenters. The van der Waals surface area contributed by atoms with Gasteiger partial charge in [0.1, 0.15) is 23.4 Å². The lowest BCUT2D eigenvalue weighted by Gasteiger charge is -2.06. The second kappa shape index (κ2) is 5.89. The number of hydrogen-bond acceptors (Lipinski definition) is 3. The fraction of sp³-hybridized carbons (Fsp3) is 0.0625. The average Bonchev–Trinajstić information content (AvgIpc) is 3.04. The Morgan fingerprint density at radius 3 is 2.33 bits per heavy atom. The van der Waals surface area contributed by atoms with Gasteiger partial charge in [0.25, 0.3) is 0 Å². The Hall–Kier alpha value is -2.46. The van der Waals surface area contributed by atoms with Crippen LogP contribution in [0.25, 0.3) is 22.6 Å². The first-order chi connectivity index (χ1) is 10.3. The van der Waals surface area contributed by atoms with Crippen LogP contribution in [0.1, 0.15) is 0 Å². The molecule has 1 N–H and O–H groups in total. The number of aromatic amines is 1. The van der Waals surface area contributed by atoms with Crippen molar-refractivity contribution in [2.75, 3.05) is 7.11 Å². The van der Waals surface area contributed by atoms with Crippen molar-refractivity contribution in [1.82, 2.24) is 9.97 Å². The van der Waals surface area contributed by atoms with Gasteiger partial charge in [-0.2, -0.15) is 0 Å². The zero-order valence-electron chi connectivity index (χ0n) is 11.3. The standard InChI is InChI=1S/C16H13ClN2O2/c1-20-14-8-4-2-6-11(14)13-10-18-16(19-13)12-7-3-5-9-15(12)21-17/h2-10H,1H3,(H,18,19). The van der Waals surface area contributed by atoms with Crippen molar-refractivity contribution < 1.29 is 9.03 Å². The predicted molar refractivity (Wildman–Crippen MR) is 82.5 cm³/mol. The van der Waals surface area contributed by atoms with Crippen molar-refractivity contribution in [3.8, 4) is 34.1 Å². The van der Waals surface area contributed by atoms with E-state index in [1.165, 1.54) is 0 Å². The fourth-order valence-electron chi connectivity index (χ4n) is 2.19. The SMILES string of the molecule is COc1ccccc1-c1cnc(-c2ccccc2OCl)[nH]1. The Labute approximate surface area is 127 Å². The minimum absolute atomic E-state index is 0.556. The van der Waals surface area contributed by atoms with Crippen LogP contribution in [0.15, 0.2) is 54.7 Å². The largest absolute Gasteiger partial charge is 0.496 e. The second-order valence-electron chi connectivity index (χ2n) is 4.42. The van der Waals surface area contributed by atoms with E-state index >= 15 is 0 Å². The van der Waals surface area contributed by atoms with Gasteiger partial charge in [-0.05, 0) is 24.3 Å². The molecule has 3 rings (SSSR count). The van der Waals surface area contributed by atoms with E-state index in [4.69, 9.17) is 20.9 Å². The highest BCUT2D eigenvalue weighted by molar-refractivity contribution is 6.09. The van der Waals surface area contributed by atoms with Crippen LogP contribution in [0.2, 0.25) is 0 Å². The van der Waals surface area contributed by atoms with Crippen molar-refractivity contribution in [2.24, 2.45) is 0 Å². The van der Waals surface area contributed by atoms with Crippen LogP contribution in [0.3, 0.4) is 0 Å². The number of methoxy groups -OCH3 is 1. The molecule has 0 unspecified atom stereocenters. The predicted octanol–water partition coefficient (Wildman–Crippen LogP) is 4.28. The summed E-state index contributed by atoms with van der Waals surface area (Å²) in [7, 11) is 1.65. The maximum Gasteiger partial charge on any atom is 0.157 e. The van der Waals surface area contributed by atoms with Crippen molar-refractivity contribution in [2.45, 2.75) is 0 Å². The Kier molecular flexibility index (Phi) is 3.79. The zero-order chi connectivity index (χ0) is 14.7. The number of halogens is 1. The van der Waals surface area contributed by atoms with Crippen LogP contribution in [0.4, 0.5) is 0 Å². The highest BCUT2D eigenvalue weighted by Gasteiger charge is 2.12. The van der Waals surface area contributed by atoms with Gasteiger partial charge in [0.15, 0.2) is 5.75 Å². The molecule has 0 radical (unpaired) electrons. The highest BCUT2D eigenvalue weighted by atomic mass is 35.5. The highest BCUT2D eigenvalue weighted by Crippen LogP contribution is 2.32. The van der Waals surface area contributed by atoms with Crippen LogP contribution in [-0.2, 0) is 0 Å². The first kappa shape index (κ1) is 13.5. The minimum Gasteiger partial charge on any atom is -0.496 e. The number of H-pyrrole nitrogens is 1. The molecule has 0 fully saturated rings.